The maximum Gasteiger partial charge on any atom is 0.345 e. The molecule has 0 aliphatic rings. The number of esters is 1. The highest BCUT2D eigenvalue weighted by Crippen LogP contribution is 2.23. The molecule has 0 saturated heterocycles. The second-order valence-electron chi connectivity index (χ2n) is 4.80. The Morgan fingerprint density at radius 2 is 2.17 bits per heavy atom. The first-order valence-corrected chi connectivity index (χ1v) is 7.20. The van der Waals surface area contributed by atoms with Crippen molar-refractivity contribution in [3.63, 3.8) is 0 Å². The van der Waals surface area contributed by atoms with Crippen LogP contribution in [-0.2, 0) is 9.53 Å². The van der Waals surface area contributed by atoms with E-state index in [0.717, 1.165) is 6.07 Å². The third-order valence-electron chi connectivity index (χ3n) is 3.06. The molecule has 0 radical (unpaired) electrons. The van der Waals surface area contributed by atoms with Crippen LogP contribution in [0.15, 0.2) is 41.0 Å². The van der Waals surface area contributed by atoms with Gasteiger partial charge in [-0.2, -0.15) is 0 Å². The van der Waals surface area contributed by atoms with E-state index >= 15 is 0 Å². The predicted molar refractivity (Wildman–Crippen MR) is 83.7 cm³/mol. The van der Waals surface area contributed by atoms with Crippen molar-refractivity contribution in [3.05, 3.63) is 63.1 Å². The van der Waals surface area contributed by atoms with Gasteiger partial charge in [-0.1, -0.05) is 11.6 Å². The van der Waals surface area contributed by atoms with Gasteiger partial charge in [-0.05, 0) is 31.2 Å². The van der Waals surface area contributed by atoms with Crippen LogP contribution in [0.5, 0.6) is 0 Å². The summed E-state index contributed by atoms with van der Waals surface area (Å²) in [6, 6.07) is 6.50. The minimum Gasteiger partial charge on any atom is -0.467 e. The van der Waals surface area contributed by atoms with Crippen LogP contribution in [0.1, 0.15) is 29.1 Å². The monoisotopic (exact) mass is 352 g/mol. The van der Waals surface area contributed by atoms with E-state index in [1.807, 2.05) is 0 Å². The lowest BCUT2D eigenvalue weighted by Crippen LogP contribution is -2.31. The normalized spacial score (nSPS) is 11.6. The molecule has 126 valence electrons. The first-order valence-electron chi connectivity index (χ1n) is 6.82. The number of carbonyl (C=O) groups is 2. The Balaban J connectivity index is 1.96. The maximum atomic E-state index is 11.9. The molecular formula is C15H13ClN2O6. The van der Waals surface area contributed by atoms with E-state index < -0.39 is 35.1 Å². The van der Waals surface area contributed by atoms with Crippen molar-refractivity contribution in [1.29, 1.82) is 0 Å². The first-order chi connectivity index (χ1) is 11.4. The molecule has 0 saturated carbocycles. The molecule has 0 aliphatic heterocycles. The van der Waals surface area contributed by atoms with Gasteiger partial charge >= 0.3 is 5.97 Å². The molecule has 1 N–H and O–H groups in total. The largest absolute Gasteiger partial charge is 0.467 e. The van der Waals surface area contributed by atoms with Gasteiger partial charge in [0.1, 0.15) is 11.3 Å². The molecule has 0 bridgehead atoms. The highest BCUT2D eigenvalue weighted by Gasteiger charge is 2.23. The smallest absolute Gasteiger partial charge is 0.345 e. The van der Waals surface area contributed by atoms with Gasteiger partial charge in [-0.3, -0.25) is 14.9 Å². The number of nitro benzene ring substituents is 1. The van der Waals surface area contributed by atoms with Gasteiger partial charge in [0.05, 0.1) is 17.2 Å². The van der Waals surface area contributed by atoms with Gasteiger partial charge in [0.15, 0.2) is 6.61 Å². The van der Waals surface area contributed by atoms with Crippen molar-refractivity contribution < 1.29 is 23.7 Å². The number of rotatable bonds is 6. The lowest BCUT2D eigenvalue weighted by Gasteiger charge is -2.11. The van der Waals surface area contributed by atoms with Crippen molar-refractivity contribution in [2.45, 2.75) is 13.0 Å². The summed E-state index contributed by atoms with van der Waals surface area (Å²) in [5.74, 6) is -1.01. The fraction of sp³-hybridized carbons (Fsp3) is 0.200. The van der Waals surface area contributed by atoms with E-state index in [-0.39, 0.29) is 10.6 Å². The molecule has 8 nitrogen and oxygen atoms in total. The van der Waals surface area contributed by atoms with Crippen LogP contribution in [-0.4, -0.2) is 23.4 Å². The molecule has 0 aliphatic carbocycles. The third kappa shape index (κ3) is 4.32. The van der Waals surface area contributed by atoms with Crippen LogP contribution in [0.2, 0.25) is 5.02 Å². The zero-order valence-corrected chi connectivity index (χ0v) is 13.3. The van der Waals surface area contributed by atoms with Gasteiger partial charge in [0.2, 0.25) is 0 Å². The number of furan rings is 1. The zero-order chi connectivity index (χ0) is 17.7. The minimum atomic E-state index is -0.987. The van der Waals surface area contributed by atoms with Crippen molar-refractivity contribution in [3.8, 4) is 0 Å². The van der Waals surface area contributed by atoms with E-state index in [0.29, 0.717) is 5.76 Å². The number of ether oxygens (including phenoxy) is 1. The second kappa shape index (κ2) is 7.60. The molecule has 1 aromatic heterocycles. The van der Waals surface area contributed by atoms with Crippen LogP contribution in [0.25, 0.3) is 0 Å². The molecule has 0 unspecified atom stereocenters. The number of carbonyl (C=O) groups excluding carboxylic acids is 2. The Morgan fingerprint density at radius 1 is 1.42 bits per heavy atom. The summed E-state index contributed by atoms with van der Waals surface area (Å²) in [6.07, 6.45) is 1.47. The lowest BCUT2D eigenvalue weighted by atomic mass is 10.2. The van der Waals surface area contributed by atoms with Gasteiger partial charge in [-0.25, -0.2) is 4.79 Å². The second-order valence-corrected chi connectivity index (χ2v) is 5.24. The van der Waals surface area contributed by atoms with Gasteiger partial charge in [-0.15, -0.1) is 0 Å². The molecule has 2 rings (SSSR count). The molecule has 1 atom stereocenters. The summed E-state index contributed by atoms with van der Waals surface area (Å²) >= 11 is 5.67. The van der Waals surface area contributed by atoms with Crippen molar-refractivity contribution in [2.75, 3.05) is 6.61 Å². The van der Waals surface area contributed by atoms with E-state index in [1.54, 1.807) is 19.1 Å². The van der Waals surface area contributed by atoms with Crippen LogP contribution in [0.3, 0.4) is 0 Å². The Bertz CT molecular complexity index is 759. The molecule has 24 heavy (non-hydrogen) atoms. The number of nitrogens with one attached hydrogen (secondary N) is 1. The molecule has 1 amide bonds. The standard InChI is InChI=1S/C15H13ClN2O6/c1-9(13-3-2-6-23-13)17-14(19)8-24-15(20)11-5-4-10(16)7-12(11)18(21)22/h2-7,9H,8H2,1H3,(H,17,19)/t9-/m0/s1. The summed E-state index contributed by atoms with van der Waals surface area (Å²) < 4.78 is 9.94. The van der Waals surface area contributed by atoms with Gasteiger partial charge < -0.3 is 14.5 Å². The lowest BCUT2D eigenvalue weighted by molar-refractivity contribution is -0.385. The van der Waals surface area contributed by atoms with Crippen LogP contribution in [0.4, 0.5) is 5.69 Å². The van der Waals surface area contributed by atoms with Crippen molar-refractivity contribution in [2.24, 2.45) is 0 Å². The number of hydrogen-bond donors (Lipinski definition) is 1. The highest BCUT2D eigenvalue weighted by molar-refractivity contribution is 6.31. The Hall–Kier alpha value is -2.87. The molecule has 0 fully saturated rings. The fourth-order valence-corrected chi connectivity index (χ4v) is 2.10. The third-order valence-corrected chi connectivity index (χ3v) is 3.29. The molecule has 9 heteroatoms. The summed E-state index contributed by atoms with van der Waals surface area (Å²) in [5.41, 5.74) is -0.770. The average molecular weight is 353 g/mol. The van der Waals surface area contributed by atoms with E-state index in [4.69, 9.17) is 20.8 Å². The first kappa shape index (κ1) is 17.5. The van der Waals surface area contributed by atoms with E-state index in [9.17, 15) is 19.7 Å². The molecule has 1 aromatic carbocycles. The predicted octanol–water partition coefficient (Wildman–Crippen LogP) is 2.88. The van der Waals surface area contributed by atoms with Crippen molar-refractivity contribution >= 4 is 29.2 Å². The number of amides is 1. The van der Waals surface area contributed by atoms with E-state index in [1.165, 1.54) is 18.4 Å². The molecule has 0 spiro atoms. The Kier molecular flexibility index (Phi) is 5.54. The number of hydrogen-bond acceptors (Lipinski definition) is 6. The Morgan fingerprint density at radius 3 is 2.79 bits per heavy atom. The van der Waals surface area contributed by atoms with Crippen molar-refractivity contribution in [1.82, 2.24) is 5.32 Å². The van der Waals surface area contributed by atoms with E-state index in [2.05, 4.69) is 5.32 Å². The number of benzene rings is 1. The summed E-state index contributed by atoms with van der Waals surface area (Å²) in [6.45, 7) is 1.12. The maximum absolute atomic E-state index is 11.9. The molecule has 2 aromatic rings. The minimum absolute atomic E-state index is 0.114. The zero-order valence-electron chi connectivity index (χ0n) is 12.5. The Labute approximate surface area is 141 Å². The number of nitrogens with zero attached hydrogens (tertiary/aromatic N) is 1. The van der Waals surface area contributed by atoms with Crippen LogP contribution >= 0.6 is 11.6 Å². The van der Waals surface area contributed by atoms with Gasteiger partial charge in [0.25, 0.3) is 11.6 Å². The average Bonchev–Trinajstić information content (AvgIpc) is 3.07. The van der Waals surface area contributed by atoms with Crippen LogP contribution in [0, 0.1) is 10.1 Å². The molecule has 1 heterocycles. The highest BCUT2D eigenvalue weighted by atomic mass is 35.5. The summed E-state index contributed by atoms with van der Waals surface area (Å²) in [4.78, 5) is 33.9. The number of nitro groups is 1. The summed E-state index contributed by atoms with van der Waals surface area (Å²) in [5, 5.41) is 13.6. The van der Waals surface area contributed by atoms with Gasteiger partial charge in [0, 0.05) is 11.1 Å². The van der Waals surface area contributed by atoms with Crippen LogP contribution < -0.4 is 5.32 Å². The molecular weight excluding hydrogens is 340 g/mol. The number of halogens is 1. The topological polar surface area (TPSA) is 112 Å². The SMILES string of the molecule is C[C@H](NC(=O)COC(=O)c1ccc(Cl)cc1[N+](=O)[O-])c1ccco1. The fourth-order valence-electron chi connectivity index (χ4n) is 1.93. The summed E-state index contributed by atoms with van der Waals surface area (Å²) in [7, 11) is 0. The quantitative estimate of drug-likeness (QED) is 0.486.